The molecule has 244 valence electrons. The van der Waals surface area contributed by atoms with Gasteiger partial charge in [-0.25, -0.2) is 27.3 Å². The van der Waals surface area contributed by atoms with E-state index in [9.17, 15) is 27.6 Å². The maximum absolute atomic E-state index is 14.8. The summed E-state index contributed by atoms with van der Waals surface area (Å²) in [6.07, 6.45) is 5.76. The number of hydrogen-bond acceptors (Lipinski definition) is 8. The third kappa shape index (κ3) is 6.40. The molecule has 12 nitrogen and oxygen atoms in total. The molecule has 3 aromatic carbocycles. The molecule has 0 amide bonds. The van der Waals surface area contributed by atoms with E-state index in [1.54, 1.807) is 36.1 Å². The summed E-state index contributed by atoms with van der Waals surface area (Å²) in [6.45, 7) is 2.73. The molecule has 3 aromatic heterocycles. The van der Waals surface area contributed by atoms with Gasteiger partial charge in [-0.2, -0.15) is 14.8 Å². The molecule has 6 rings (SSSR count). The number of aromatic nitrogens is 8. The number of nitrogens with zero attached hydrogens (tertiary/aromatic N) is 8. The van der Waals surface area contributed by atoms with Gasteiger partial charge in [0.05, 0.1) is 41.2 Å². The molecule has 6 aromatic rings. The van der Waals surface area contributed by atoms with Crippen molar-refractivity contribution in [3.8, 4) is 0 Å². The Morgan fingerprint density at radius 2 is 1.73 bits per heavy atom. The Balaban J connectivity index is 1.39. The molecule has 0 saturated heterocycles. The van der Waals surface area contributed by atoms with Gasteiger partial charge in [-0.15, -0.1) is 5.10 Å². The fourth-order valence-corrected chi connectivity index (χ4v) is 5.17. The van der Waals surface area contributed by atoms with E-state index < -0.39 is 53.4 Å². The lowest BCUT2D eigenvalue weighted by Crippen LogP contribution is -2.43. The van der Waals surface area contributed by atoms with E-state index in [2.05, 4.69) is 25.7 Å². The fourth-order valence-electron chi connectivity index (χ4n) is 4.96. The second kappa shape index (κ2) is 12.8. The zero-order valence-corrected chi connectivity index (χ0v) is 26.3. The standard InChI is InChI=1S/C32H25ClF3N9O3/c1-17-4-5-19(8-18(17)2)6-7-29(46)45-22(13-37-41-45)16-44-31(47)39-30(38-28-10-21-14-42(3)40-27(21)11-23(28)33)43(32(44)48)15-20-9-25(35)26(36)12-24(20)34/h4-14H,15-16H2,1-3H3,(H,38,39,47)/b7-6+. The van der Waals surface area contributed by atoms with Gasteiger partial charge in [0.2, 0.25) is 5.95 Å². The largest absolute Gasteiger partial charge is 0.355 e. The lowest BCUT2D eigenvalue weighted by molar-refractivity contribution is 0.0949. The third-order valence-electron chi connectivity index (χ3n) is 7.62. The molecule has 0 aliphatic rings. The zero-order valence-electron chi connectivity index (χ0n) is 25.6. The maximum atomic E-state index is 14.8. The van der Waals surface area contributed by atoms with Crippen molar-refractivity contribution in [3.63, 3.8) is 0 Å². The van der Waals surface area contributed by atoms with Gasteiger partial charge in [0.1, 0.15) is 5.82 Å². The van der Waals surface area contributed by atoms with Crippen molar-refractivity contribution in [2.24, 2.45) is 7.05 Å². The third-order valence-corrected chi connectivity index (χ3v) is 7.93. The lowest BCUT2D eigenvalue weighted by Gasteiger charge is -2.17. The van der Waals surface area contributed by atoms with E-state index in [1.165, 1.54) is 12.3 Å². The molecule has 0 bridgehead atoms. The average Bonchev–Trinajstić information content (AvgIpc) is 3.65. The Hall–Kier alpha value is -5.83. The summed E-state index contributed by atoms with van der Waals surface area (Å²) in [5.74, 6) is -4.87. The molecule has 0 spiro atoms. The number of carbonyl (C=O) groups excluding carboxylic acids is 1. The number of fused-ring (bicyclic) bond motifs is 1. The minimum Gasteiger partial charge on any atom is -0.324 e. The number of nitrogens with one attached hydrogen (secondary N) is 1. The molecule has 16 heteroatoms. The van der Waals surface area contributed by atoms with Crippen LogP contribution in [0.25, 0.3) is 17.0 Å². The molecular weight excluding hydrogens is 651 g/mol. The van der Waals surface area contributed by atoms with Gasteiger partial charge in [0, 0.05) is 36.3 Å². The predicted octanol–water partition coefficient (Wildman–Crippen LogP) is 4.76. The average molecular weight is 676 g/mol. The number of anilines is 2. The molecule has 0 atom stereocenters. The van der Waals surface area contributed by atoms with Crippen LogP contribution < -0.4 is 16.7 Å². The Morgan fingerprint density at radius 3 is 2.50 bits per heavy atom. The summed E-state index contributed by atoms with van der Waals surface area (Å²) in [7, 11) is 1.71. The molecule has 0 aliphatic carbocycles. The highest BCUT2D eigenvalue weighted by molar-refractivity contribution is 6.34. The summed E-state index contributed by atoms with van der Waals surface area (Å²) in [6, 6.07) is 9.77. The van der Waals surface area contributed by atoms with E-state index in [4.69, 9.17) is 11.6 Å². The normalized spacial score (nSPS) is 11.6. The first-order valence-electron chi connectivity index (χ1n) is 14.3. The van der Waals surface area contributed by atoms with Crippen molar-refractivity contribution in [2.75, 3.05) is 5.32 Å². The van der Waals surface area contributed by atoms with E-state index in [-0.39, 0.29) is 22.4 Å². The highest BCUT2D eigenvalue weighted by Crippen LogP contribution is 2.29. The molecule has 1 N–H and O–H groups in total. The van der Waals surface area contributed by atoms with Gasteiger partial charge in [0.15, 0.2) is 11.6 Å². The highest BCUT2D eigenvalue weighted by Gasteiger charge is 2.20. The smallest absolute Gasteiger partial charge is 0.324 e. The summed E-state index contributed by atoms with van der Waals surface area (Å²) in [5.41, 5.74) is 1.28. The van der Waals surface area contributed by atoms with Crippen LogP contribution in [0.1, 0.15) is 32.7 Å². The number of carbonyl (C=O) groups is 1. The molecule has 0 radical (unpaired) electrons. The molecule has 0 fully saturated rings. The van der Waals surface area contributed by atoms with Crippen LogP contribution in [0.3, 0.4) is 0 Å². The Kier molecular flexibility index (Phi) is 8.54. The van der Waals surface area contributed by atoms with Crippen LogP contribution in [0.5, 0.6) is 0 Å². The first kappa shape index (κ1) is 32.1. The Bertz CT molecular complexity index is 2390. The number of halogens is 4. The fraction of sp³-hybridized carbons (Fsp3) is 0.156. The van der Waals surface area contributed by atoms with Crippen molar-refractivity contribution in [2.45, 2.75) is 26.9 Å². The summed E-state index contributed by atoms with van der Waals surface area (Å²) in [4.78, 5) is 44.3. The van der Waals surface area contributed by atoms with Crippen molar-refractivity contribution in [3.05, 3.63) is 132 Å². The van der Waals surface area contributed by atoms with Crippen molar-refractivity contribution in [1.29, 1.82) is 0 Å². The topological polar surface area (TPSA) is 135 Å². The van der Waals surface area contributed by atoms with Crippen LogP contribution >= 0.6 is 11.6 Å². The molecule has 0 unspecified atom stereocenters. The van der Waals surface area contributed by atoms with E-state index >= 15 is 0 Å². The molecular formula is C32H25ClF3N9O3. The summed E-state index contributed by atoms with van der Waals surface area (Å²) >= 11 is 6.45. The van der Waals surface area contributed by atoms with Crippen molar-refractivity contribution in [1.82, 2.24) is 38.9 Å². The van der Waals surface area contributed by atoms with Crippen LogP contribution in [0, 0.1) is 31.3 Å². The molecule has 0 aliphatic heterocycles. The maximum Gasteiger partial charge on any atom is 0.355 e. The number of aryl methyl sites for hydroxylation is 3. The van der Waals surface area contributed by atoms with Gasteiger partial charge < -0.3 is 5.32 Å². The highest BCUT2D eigenvalue weighted by atomic mass is 35.5. The van der Waals surface area contributed by atoms with E-state index in [1.807, 2.05) is 32.0 Å². The molecule has 48 heavy (non-hydrogen) atoms. The monoisotopic (exact) mass is 675 g/mol. The van der Waals surface area contributed by atoms with Gasteiger partial charge in [-0.1, -0.05) is 35.0 Å². The van der Waals surface area contributed by atoms with Gasteiger partial charge in [0.25, 0.3) is 5.91 Å². The first-order chi connectivity index (χ1) is 22.9. The minimum absolute atomic E-state index is 0.0575. The van der Waals surface area contributed by atoms with Gasteiger partial charge >= 0.3 is 11.4 Å². The summed E-state index contributed by atoms with van der Waals surface area (Å²) in [5, 5.41) is 15.5. The van der Waals surface area contributed by atoms with Crippen LogP contribution in [0.2, 0.25) is 5.02 Å². The number of allylic oxidation sites excluding steroid dienone is 1. The van der Waals surface area contributed by atoms with Crippen LogP contribution in [0.15, 0.2) is 70.5 Å². The number of benzene rings is 3. The van der Waals surface area contributed by atoms with Crippen molar-refractivity contribution >= 4 is 46.1 Å². The van der Waals surface area contributed by atoms with E-state index in [0.717, 1.165) is 25.9 Å². The molecule has 0 saturated carbocycles. The van der Waals surface area contributed by atoms with E-state index in [0.29, 0.717) is 27.6 Å². The Morgan fingerprint density at radius 1 is 0.958 bits per heavy atom. The van der Waals surface area contributed by atoms with Crippen LogP contribution in [-0.2, 0) is 20.1 Å². The van der Waals surface area contributed by atoms with Gasteiger partial charge in [-0.05, 0) is 54.8 Å². The van der Waals surface area contributed by atoms with Crippen molar-refractivity contribution < 1.29 is 18.0 Å². The minimum atomic E-state index is -1.42. The van der Waals surface area contributed by atoms with Gasteiger partial charge in [-0.3, -0.25) is 14.0 Å². The lowest BCUT2D eigenvalue weighted by atomic mass is 10.1. The predicted molar refractivity (Wildman–Crippen MR) is 172 cm³/mol. The quantitative estimate of drug-likeness (QED) is 0.180. The number of rotatable bonds is 8. The number of hydrogen-bond donors (Lipinski definition) is 1. The second-order valence-electron chi connectivity index (χ2n) is 11.0. The Labute approximate surface area is 274 Å². The van der Waals surface area contributed by atoms with Crippen LogP contribution in [0.4, 0.5) is 24.8 Å². The van der Waals surface area contributed by atoms with Crippen LogP contribution in [-0.4, -0.2) is 44.8 Å². The molecule has 3 heterocycles. The first-order valence-corrected chi connectivity index (χ1v) is 14.7. The SMILES string of the molecule is Cc1ccc(/C=C/C(=O)n2nncc2Cn2c(=O)nc(Nc3cc4cn(C)nc4cc3Cl)n(Cc3cc(F)c(F)cc3F)c2=O)cc1C. The second-order valence-corrected chi connectivity index (χ2v) is 11.4. The summed E-state index contributed by atoms with van der Waals surface area (Å²) < 4.78 is 46.6. The zero-order chi connectivity index (χ0) is 34.3.